The first-order valence-corrected chi connectivity index (χ1v) is 31.5. The van der Waals surface area contributed by atoms with Crippen molar-refractivity contribution < 1.29 is 38.4 Å². The molecule has 0 bridgehead atoms. The molecule has 6 saturated heterocycles. The molecule has 2 amide bonds. The Labute approximate surface area is 543 Å². The number of carbonyl (C=O) groups is 3. The molecule has 6 aromatic heterocycles. The molecule has 6 unspecified atom stereocenters. The minimum Gasteiger partial charge on any atom is -0.444 e. The molecule has 30 heteroatoms. The summed E-state index contributed by atoms with van der Waals surface area (Å²) < 4.78 is 53.8. The van der Waals surface area contributed by atoms with Crippen molar-refractivity contribution in [3.8, 4) is 33.8 Å². The number of nitrogens with two attached hydrogens (primary N) is 3. The highest BCUT2D eigenvalue weighted by atomic mass is 35.5. The number of amides is 2. The number of aldehydes is 1. The first-order chi connectivity index (χ1) is 43.7. The molecule has 92 heavy (non-hydrogen) atoms. The van der Waals surface area contributed by atoms with Crippen LogP contribution >= 0.6 is 11.6 Å². The van der Waals surface area contributed by atoms with Gasteiger partial charge in [0.2, 0.25) is 24.1 Å². The SMILES string of the molecule is CC(C)(C)OC(=O)N1CCCC2CNCC21.Cc1nn(C)cc1-c1cc(Cl)nc(N)n1.Cc1nn(C)cc1-c1cc(N2CC3CCCN(C(=O)OC(C)(C)C)C3C2)nc(N)n1.Cc1nn(C)cc1-c1cc(N2CC3CCCNC3C2)nc(N)n1.O=CC(F)(F)F.[2H]CC. The number of hydrogen-bond donors (Lipinski definition) is 5. The summed E-state index contributed by atoms with van der Waals surface area (Å²) in [4.78, 5) is 67.6. The lowest BCUT2D eigenvalue weighted by Crippen LogP contribution is -2.50. The Bertz CT molecular complexity index is 3450. The van der Waals surface area contributed by atoms with Gasteiger partial charge in [-0.3, -0.25) is 18.8 Å². The fraction of sp³-hybridized carbons (Fsp3) is 0.613. The van der Waals surface area contributed by atoms with Gasteiger partial charge in [-0.15, -0.1) is 0 Å². The zero-order chi connectivity index (χ0) is 68.3. The Hall–Kier alpha value is -7.92. The lowest BCUT2D eigenvalue weighted by Gasteiger charge is -2.37. The van der Waals surface area contributed by atoms with E-state index in [1.54, 1.807) is 27.0 Å². The van der Waals surface area contributed by atoms with Gasteiger partial charge in [-0.05, 0) is 125 Å². The molecule has 6 fully saturated rings. The van der Waals surface area contributed by atoms with Gasteiger partial charge in [0.15, 0.2) is 0 Å². The van der Waals surface area contributed by atoms with E-state index in [1.807, 2.05) is 124 Å². The molecule has 8 N–H and O–H groups in total. The molecule has 0 aliphatic carbocycles. The number of likely N-dealkylation sites (tertiary alicyclic amines) is 2. The highest BCUT2D eigenvalue weighted by molar-refractivity contribution is 6.29. The van der Waals surface area contributed by atoms with Crippen molar-refractivity contribution in [1.82, 2.24) is 79.7 Å². The van der Waals surface area contributed by atoms with Crippen LogP contribution in [-0.4, -0.2) is 182 Å². The lowest BCUT2D eigenvalue weighted by molar-refractivity contribution is -0.156. The van der Waals surface area contributed by atoms with Crippen LogP contribution in [0.2, 0.25) is 5.15 Å². The molecular formula is C62H93ClF3N21O5. The third-order valence-electron chi connectivity index (χ3n) is 16.1. The number of fused-ring (bicyclic) bond motifs is 3. The summed E-state index contributed by atoms with van der Waals surface area (Å²) in [7, 11) is 5.65. The van der Waals surface area contributed by atoms with Gasteiger partial charge in [-0.1, -0.05) is 25.4 Å². The van der Waals surface area contributed by atoms with Crippen molar-refractivity contribution >= 4 is 59.6 Å². The number of alkyl halides is 3. The minimum atomic E-state index is -4.64. The molecule has 0 saturated carbocycles. The summed E-state index contributed by atoms with van der Waals surface area (Å²) in [5.74, 6) is 4.18. The van der Waals surface area contributed by atoms with Crippen molar-refractivity contribution in [2.45, 2.75) is 150 Å². The van der Waals surface area contributed by atoms with Crippen molar-refractivity contribution in [2.75, 3.05) is 85.9 Å². The fourth-order valence-corrected chi connectivity index (χ4v) is 12.6. The smallest absolute Gasteiger partial charge is 0.444 e. The molecule has 0 spiro atoms. The first kappa shape index (κ1) is 70.0. The Morgan fingerprint density at radius 1 is 0.620 bits per heavy atom. The van der Waals surface area contributed by atoms with Crippen LogP contribution in [0.3, 0.4) is 0 Å². The summed E-state index contributed by atoms with van der Waals surface area (Å²) in [5.41, 5.74) is 24.6. The highest BCUT2D eigenvalue weighted by Crippen LogP contribution is 2.36. The van der Waals surface area contributed by atoms with E-state index in [1.165, 1.54) is 19.3 Å². The van der Waals surface area contributed by atoms with Gasteiger partial charge in [0.05, 0.1) is 46.2 Å². The number of aryl methyl sites for hydroxylation is 6. The summed E-state index contributed by atoms with van der Waals surface area (Å²) in [6, 6.07) is 6.72. The highest BCUT2D eigenvalue weighted by Gasteiger charge is 2.44. The monoisotopic (exact) mass is 1300 g/mol. The molecule has 6 aromatic rings. The average molecular weight is 1310 g/mol. The average Bonchev–Trinajstić information content (AvgIpc) is 1.68. The van der Waals surface area contributed by atoms with Crippen molar-refractivity contribution in [2.24, 2.45) is 38.9 Å². The van der Waals surface area contributed by atoms with Crippen LogP contribution in [0.5, 0.6) is 0 Å². The third kappa shape index (κ3) is 19.6. The molecule has 6 aliphatic heterocycles. The van der Waals surface area contributed by atoms with E-state index >= 15 is 0 Å². The molecule has 0 radical (unpaired) electrons. The summed E-state index contributed by atoms with van der Waals surface area (Å²) >= 11 is 5.80. The number of nitrogens with one attached hydrogen (secondary N) is 2. The number of halogens is 4. The number of ether oxygens (including phenoxy) is 2. The van der Waals surface area contributed by atoms with Gasteiger partial charge in [0, 0.05) is 134 Å². The maximum absolute atomic E-state index is 12.8. The van der Waals surface area contributed by atoms with E-state index in [0.717, 1.165) is 128 Å². The molecular weight excluding hydrogens is 1210 g/mol. The van der Waals surface area contributed by atoms with Crippen LogP contribution in [0.15, 0.2) is 36.8 Å². The van der Waals surface area contributed by atoms with Crippen molar-refractivity contribution in [3.63, 3.8) is 0 Å². The molecule has 6 atom stereocenters. The van der Waals surface area contributed by atoms with Gasteiger partial charge < -0.3 is 56.9 Å². The van der Waals surface area contributed by atoms with E-state index in [4.69, 9.17) is 44.4 Å². The zero-order valence-electron chi connectivity index (χ0n) is 56.3. The number of hydrogen-bond acceptors (Lipinski definition) is 21. The standard InChI is InChI=1S/C21H31N7O2.C16H23N7.C12H22N2O2.C9H10ClN5.C2HF3O.C2H6/c1-13-15(11-26(5)25-13)16-9-18(24-19(22)23-16)27-10-14-7-6-8-28(17(14)12-27)20(29)30-21(2,3)4;1-10-12(8-22(2)21-10)13-6-15(20-16(17)19-13)23-7-11-4-3-5-18-14(11)9-23;1-12(2,3)16-11(15)14-6-4-5-9-7-13-8-10(9)14;1-5-6(4-15(2)14-5)7-3-8(10)13-9(11)12-7;3-2(4,5)1-6;1-2/h9,11,14,17H,6-8,10,12H2,1-5H3,(H2,22,23,24);6,8,11,14,18H,3-5,7,9H2,1-2H3,(H2,17,19,20);9-10,13H,4-8H2,1-3H3;3-4H,1-2H3,(H2,11,12,13);1H;1-2H3/i;;;;;1D. The first-order valence-electron chi connectivity index (χ1n) is 31.8. The second-order valence-corrected chi connectivity index (χ2v) is 26.0. The number of anilines is 5. The van der Waals surface area contributed by atoms with E-state index in [9.17, 15) is 22.8 Å². The van der Waals surface area contributed by atoms with Gasteiger partial charge in [-0.2, -0.15) is 38.4 Å². The Balaban J connectivity index is 0.000000173. The van der Waals surface area contributed by atoms with E-state index in [-0.39, 0.29) is 30.1 Å². The largest absolute Gasteiger partial charge is 0.446 e. The predicted octanol–water partition coefficient (Wildman–Crippen LogP) is 8.36. The Morgan fingerprint density at radius 3 is 1.46 bits per heavy atom. The van der Waals surface area contributed by atoms with Crippen LogP contribution < -0.4 is 37.6 Å². The number of nitrogens with zero attached hydrogens (tertiary/aromatic N) is 16. The second kappa shape index (κ2) is 30.7. The van der Waals surface area contributed by atoms with Crippen LogP contribution in [-0.2, 0) is 35.4 Å². The lowest BCUT2D eigenvalue weighted by atomic mass is 9.92. The van der Waals surface area contributed by atoms with E-state index < -0.39 is 23.7 Å². The van der Waals surface area contributed by atoms with E-state index in [0.29, 0.717) is 60.1 Å². The summed E-state index contributed by atoms with van der Waals surface area (Å²) in [6.45, 7) is 27.8. The van der Waals surface area contributed by atoms with Crippen molar-refractivity contribution in [3.05, 3.63) is 59.0 Å². The molecule has 12 rings (SSSR count). The fourth-order valence-electron chi connectivity index (χ4n) is 12.4. The molecule has 504 valence electrons. The summed E-state index contributed by atoms with van der Waals surface area (Å²) in [5, 5.41) is 20.3. The number of rotatable bonds is 5. The van der Waals surface area contributed by atoms with Crippen molar-refractivity contribution in [1.29, 1.82) is 0 Å². The summed E-state index contributed by atoms with van der Waals surface area (Å²) in [6.07, 6.45) is 6.68. The molecule has 12 heterocycles. The third-order valence-corrected chi connectivity index (χ3v) is 16.3. The van der Waals surface area contributed by atoms with Gasteiger partial charge >= 0.3 is 18.4 Å². The predicted molar refractivity (Wildman–Crippen MR) is 349 cm³/mol. The van der Waals surface area contributed by atoms with E-state index in [2.05, 4.69) is 65.6 Å². The van der Waals surface area contributed by atoms with Crippen LogP contribution in [0.4, 0.5) is 52.2 Å². The number of piperidine rings is 3. The normalized spacial score (nSPS) is 20.9. The second-order valence-electron chi connectivity index (χ2n) is 25.7. The Kier molecular flexibility index (Phi) is 23.3. The zero-order valence-corrected chi connectivity index (χ0v) is 56.0. The number of carbonyl (C=O) groups excluding carboxylic acids is 3. The number of aromatic nitrogens is 12. The topological polar surface area (TPSA) is 316 Å². The molecule has 26 nitrogen and oxygen atoms in total. The van der Waals surface area contributed by atoms with Crippen LogP contribution in [0, 0.1) is 38.5 Å². The maximum Gasteiger partial charge on any atom is 0.446 e. The quantitative estimate of drug-likeness (QED) is 0.0799. The van der Waals surface area contributed by atoms with Gasteiger partial charge in [0.25, 0.3) is 0 Å². The maximum atomic E-state index is 12.8. The van der Waals surface area contributed by atoms with Gasteiger partial charge in [-0.25, -0.2) is 29.5 Å². The van der Waals surface area contributed by atoms with Crippen LogP contribution in [0.25, 0.3) is 33.8 Å². The molecule has 0 aromatic carbocycles. The van der Waals surface area contributed by atoms with Gasteiger partial charge in [0.1, 0.15) is 28.0 Å². The molecule has 6 aliphatic rings. The number of nitrogen functional groups attached to an aromatic ring is 3. The Morgan fingerprint density at radius 2 is 1.03 bits per heavy atom. The van der Waals surface area contributed by atoms with Crippen LogP contribution in [0.1, 0.15) is 112 Å². The minimum absolute atomic E-state index is 0.119.